The van der Waals surface area contributed by atoms with E-state index in [0.29, 0.717) is 18.7 Å². The first-order valence-electron chi connectivity index (χ1n) is 8.41. The number of rotatable bonds is 6. The summed E-state index contributed by atoms with van der Waals surface area (Å²) in [5.41, 5.74) is 2.90. The number of nitrogens with zero attached hydrogens (tertiary/aromatic N) is 3. The zero-order valence-corrected chi connectivity index (χ0v) is 14.7. The molecular weight excluding hydrogens is 328 g/mol. The van der Waals surface area contributed by atoms with Gasteiger partial charge in [-0.1, -0.05) is 42.5 Å². The Hall–Kier alpha value is -3.28. The molecule has 26 heavy (non-hydrogen) atoms. The predicted molar refractivity (Wildman–Crippen MR) is 99.6 cm³/mol. The molecule has 6 nitrogen and oxygen atoms in total. The molecule has 0 radical (unpaired) electrons. The minimum absolute atomic E-state index is 0.187. The van der Waals surface area contributed by atoms with E-state index in [1.807, 2.05) is 29.0 Å². The van der Waals surface area contributed by atoms with Crippen molar-refractivity contribution in [2.75, 3.05) is 7.05 Å². The SMILES string of the molecule is CN(Cc1ccccc1O)C(=O)NCc1cccc(Cn2ccnc2)c1. The Labute approximate surface area is 152 Å². The van der Waals surface area contributed by atoms with Crippen LogP contribution < -0.4 is 5.32 Å². The molecule has 0 saturated carbocycles. The number of aromatic nitrogens is 2. The van der Waals surface area contributed by atoms with E-state index in [-0.39, 0.29) is 11.8 Å². The molecule has 0 aliphatic rings. The molecule has 6 heteroatoms. The molecule has 0 bridgehead atoms. The van der Waals surface area contributed by atoms with E-state index in [1.54, 1.807) is 42.7 Å². The van der Waals surface area contributed by atoms with E-state index >= 15 is 0 Å². The summed E-state index contributed by atoms with van der Waals surface area (Å²) in [7, 11) is 1.71. The van der Waals surface area contributed by atoms with Crippen molar-refractivity contribution in [3.05, 3.63) is 83.9 Å². The Kier molecular flexibility index (Phi) is 5.53. The molecule has 0 aliphatic carbocycles. The molecule has 0 spiro atoms. The van der Waals surface area contributed by atoms with Crippen LogP contribution in [0.15, 0.2) is 67.3 Å². The first kappa shape index (κ1) is 17.5. The fraction of sp³-hybridized carbons (Fsp3) is 0.200. The highest BCUT2D eigenvalue weighted by Crippen LogP contribution is 2.17. The predicted octanol–water partition coefficient (Wildman–Crippen LogP) is 2.98. The number of hydrogen-bond donors (Lipinski definition) is 2. The normalized spacial score (nSPS) is 10.5. The standard InChI is InChI=1S/C20H22N4O2/c1-23(14-18-7-2-3-8-19(18)25)20(26)22-12-16-5-4-6-17(11-16)13-24-10-9-21-15-24/h2-11,15,25H,12-14H2,1H3,(H,22,26). The lowest BCUT2D eigenvalue weighted by molar-refractivity contribution is 0.206. The van der Waals surface area contributed by atoms with Crippen LogP contribution >= 0.6 is 0 Å². The maximum atomic E-state index is 12.3. The highest BCUT2D eigenvalue weighted by Gasteiger charge is 2.11. The molecule has 134 valence electrons. The molecule has 3 aromatic rings. The smallest absolute Gasteiger partial charge is 0.317 e. The number of carbonyl (C=O) groups is 1. The number of amides is 2. The van der Waals surface area contributed by atoms with Crippen LogP contribution in [-0.4, -0.2) is 32.6 Å². The lowest BCUT2D eigenvalue weighted by Gasteiger charge is -2.19. The zero-order valence-electron chi connectivity index (χ0n) is 14.7. The van der Waals surface area contributed by atoms with Crippen LogP contribution in [-0.2, 0) is 19.6 Å². The lowest BCUT2D eigenvalue weighted by atomic mass is 10.1. The molecule has 0 atom stereocenters. The number of nitrogens with one attached hydrogen (secondary N) is 1. The number of phenols is 1. The Morgan fingerprint density at radius 2 is 2.00 bits per heavy atom. The summed E-state index contributed by atoms with van der Waals surface area (Å²) in [5.74, 6) is 0.194. The van der Waals surface area contributed by atoms with Crippen LogP contribution in [0.3, 0.4) is 0 Å². The third kappa shape index (κ3) is 4.63. The Balaban J connectivity index is 1.54. The number of phenolic OH excluding ortho intramolecular Hbond substituents is 1. The Bertz CT molecular complexity index is 862. The van der Waals surface area contributed by atoms with Crippen molar-refractivity contribution in [2.45, 2.75) is 19.6 Å². The van der Waals surface area contributed by atoms with Gasteiger partial charge in [-0.3, -0.25) is 0 Å². The summed E-state index contributed by atoms with van der Waals surface area (Å²) in [4.78, 5) is 17.9. The van der Waals surface area contributed by atoms with Crippen molar-refractivity contribution < 1.29 is 9.90 Å². The van der Waals surface area contributed by atoms with Gasteiger partial charge >= 0.3 is 6.03 Å². The number of aromatic hydroxyl groups is 1. The van der Waals surface area contributed by atoms with Crippen molar-refractivity contribution in [2.24, 2.45) is 0 Å². The van der Waals surface area contributed by atoms with Gasteiger partial charge in [0.1, 0.15) is 5.75 Å². The largest absolute Gasteiger partial charge is 0.508 e. The van der Waals surface area contributed by atoms with Gasteiger partial charge in [-0.15, -0.1) is 0 Å². The van der Waals surface area contributed by atoms with E-state index in [9.17, 15) is 9.90 Å². The van der Waals surface area contributed by atoms with Crippen LogP contribution in [0.25, 0.3) is 0 Å². The number of imidazole rings is 1. The van der Waals surface area contributed by atoms with Crippen molar-refractivity contribution in [3.8, 4) is 5.75 Å². The second-order valence-electron chi connectivity index (χ2n) is 6.20. The minimum atomic E-state index is -0.187. The van der Waals surface area contributed by atoms with E-state index in [2.05, 4.69) is 22.4 Å². The molecule has 1 aromatic heterocycles. The van der Waals surface area contributed by atoms with Gasteiger partial charge in [0.15, 0.2) is 0 Å². The summed E-state index contributed by atoms with van der Waals surface area (Å²) >= 11 is 0. The van der Waals surface area contributed by atoms with Gasteiger partial charge in [-0.25, -0.2) is 9.78 Å². The average Bonchev–Trinajstić information content (AvgIpc) is 3.15. The molecule has 2 amide bonds. The maximum absolute atomic E-state index is 12.3. The Morgan fingerprint density at radius 3 is 2.77 bits per heavy atom. The first-order chi connectivity index (χ1) is 12.6. The van der Waals surface area contributed by atoms with Gasteiger partial charge in [0.05, 0.1) is 12.9 Å². The molecule has 1 heterocycles. The van der Waals surface area contributed by atoms with Gasteiger partial charge in [0, 0.05) is 38.1 Å². The molecule has 0 unspecified atom stereocenters. The van der Waals surface area contributed by atoms with Gasteiger partial charge in [-0.2, -0.15) is 0 Å². The van der Waals surface area contributed by atoms with Gasteiger partial charge in [0.2, 0.25) is 0 Å². The number of para-hydroxylation sites is 1. The van der Waals surface area contributed by atoms with Crippen molar-refractivity contribution in [3.63, 3.8) is 0 Å². The number of hydrogen-bond acceptors (Lipinski definition) is 3. The van der Waals surface area contributed by atoms with E-state index in [1.165, 1.54) is 0 Å². The van der Waals surface area contributed by atoms with Crippen LogP contribution in [0.2, 0.25) is 0 Å². The van der Waals surface area contributed by atoms with E-state index < -0.39 is 0 Å². The average molecular weight is 350 g/mol. The van der Waals surface area contributed by atoms with Crippen LogP contribution in [0.5, 0.6) is 5.75 Å². The molecule has 2 aromatic carbocycles. The summed E-state index contributed by atoms with van der Waals surface area (Å²) in [6, 6.07) is 14.9. The second kappa shape index (κ2) is 8.20. The minimum Gasteiger partial charge on any atom is -0.508 e. The Morgan fingerprint density at radius 1 is 1.19 bits per heavy atom. The monoisotopic (exact) mass is 350 g/mol. The van der Waals surface area contributed by atoms with Gasteiger partial charge in [0.25, 0.3) is 0 Å². The number of carbonyl (C=O) groups excluding carboxylic acids is 1. The van der Waals surface area contributed by atoms with E-state index in [4.69, 9.17) is 0 Å². The summed E-state index contributed by atoms with van der Waals surface area (Å²) < 4.78 is 2.00. The summed E-state index contributed by atoms with van der Waals surface area (Å²) in [6.45, 7) is 1.54. The van der Waals surface area contributed by atoms with Gasteiger partial charge < -0.3 is 19.9 Å². The summed E-state index contributed by atoms with van der Waals surface area (Å²) in [6.07, 6.45) is 5.45. The highest BCUT2D eigenvalue weighted by atomic mass is 16.3. The molecule has 0 fully saturated rings. The third-order valence-electron chi connectivity index (χ3n) is 4.11. The number of benzene rings is 2. The molecule has 0 aliphatic heterocycles. The quantitative estimate of drug-likeness (QED) is 0.718. The van der Waals surface area contributed by atoms with Crippen LogP contribution in [0.4, 0.5) is 4.79 Å². The topological polar surface area (TPSA) is 70.4 Å². The highest BCUT2D eigenvalue weighted by molar-refractivity contribution is 5.73. The van der Waals surface area contributed by atoms with Gasteiger partial charge in [-0.05, 0) is 17.2 Å². The van der Waals surface area contributed by atoms with E-state index in [0.717, 1.165) is 17.7 Å². The molecule has 3 rings (SSSR count). The first-order valence-corrected chi connectivity index (χ1v) is 8.41. The lowest BCUT2D eigenvalue weighted by Crippen LogP contribution is -2.36. The molecule has 0 saturated heterocycles. The van der Waals surface area contributed by atoms with Crippen LogP contribution in [0.1, 0.15) is 16.7 Å². The molecular formula is C20H22N4O2. The fourth-order valence-corrected chi connectivity index (χ4v) is 2.71. The maximum Gasteiger partial charge on any atom is 0.317 e. The summed E-state index contributed by atoms with van der Waals surface area (Å²) in [5, 5.41) is 12.7. The van der Waals surface area contributed by atoms with Crippen molar-refractivity contribution >= 4 is 6.03 Å². The fourth-order valence-electron chi connectivity index (χ4n) is 2.71. The zero-order chi connectivity index (χ0) is 18.4. The second-order valence-corrected chi connectivity index (χ2v) is 6.20. The van der Waals surface area contributed by atoms with Crippen molar-refractivity contribution in [1.82, 2.24) is 19.8 Å². The van der Waals surface area contributed by atoms with Crippen LogP contribution in [0, 0.1) is 0 Å². The van der Waals surface area contributed by atoms with Crippen molar-refractivity contribution in [1.29, 1.82) is 0 Å². The number of urea groups is 1. The third-order valence-corrected chi connectivity index (χ3v) is 4.11. The molecule has 2 N–H and O–H groups in total.